The first kappa shape index (κ1) is 25.7. The number of carbonyl (C=O) groups excluding carboxylic acids is 2. The molecule has 10 nitrogen and oxygen atoms in total. The Bertz CT molecular complexity index is 1250. The third-order valence-electron chi connectivity index (χ3n) is 6.37. The lowest BCUT2D eigenvalue weighted by Crippen LogP contribution is -2.61. The molecule has 1 aliphatic heterocycles. The molecule has 1 aliphatic rings. The summed E-state index contributed by atoms with van der Waals surface area (Å²) in [4.78, 5) is 35.0. The van der Waals surface area contributed by atoms with Crippen LogP contribution in [0.4, 0.5) is 4.79 Å². The molecule has 4 heterocycles. The SMILES string of the molecule is Cc1cccn2c(C(C)(C)NC(=O)[C@@H]3CN(C(=O)OC(C)(C)C)CCN3Cc3cnn(C)c3)ncc12. The minimum Gasteiger partial charge on any atom is -0.444 e. The molecule has 0 bridgehead atoms. The molecule has 0 radical (unpaired) electrons. The average Bonchev–Trinajstić information content (AvgIpc) is 3.39. The van der Waals surface area contributed by atoms with E-state index in [1.165, 1.54) is 0 Å². The smallest absolute Gasteiger partial charge is 0.410 e. The van der Waals surface area contributed by atoms with Gasteiger partial charge in [0.2, 0.25) is 5.91 Å². The van der Waals surface area contributed by atoms with E-state index in [4.69, 9.17) is 4.74 Å². The molecule has 194 valence electrons. The van der Waals surface area contributed by atoms with Crippen molar-refractivity contribution in [3.63, 3.8) is 0 Å². The molecular formula is C26H37N7O3. The van der Waals surface area contributed by atoms with Gasteiger partial charge in [-0.25, -0.2) is 9.78 Å². The molecule has 1 atom stereocenters. The van der Waals surface area contributed by atoms with Crippen LogP contribution in [0, 0.1) is 6.92 Å². The van der Waals surface area contributed by atoms with E-state index in [9.17, 15) is 9.59 Å². The van der Waals surface area contributed by atoms with E-state index >= 15 is 0 Å². The van der Waals surface area contributed by atoms with Gasteiger partial charge in [-0.2, -0.15) is 5.10 Å². The Hall–Kier alpha value is -3.40. The van der Waals surface area contributed by atoms with Crippen molar-refractivity contribution >= 4 is 17.5 Å². The molecule has 36 heavy (non-hydrogen) atoms. The summed E-state index contributed by atoms with van der Waals surface area (Å²) in [6.45, 7) is 13.3. The molecule has 1 saturated heterocycles. The van der Waals surface area contributed by atoms with Crippen molar-refractivity contribution in [1.29, 1.82) is 0 Å². The van der Waals surface area contributed by atoms with E-state index in [2.05, 4.69) is 20.3 Å². The third-order valence-corrected chi connectivity index (χ3v) is 6.37. The highest BCUT2D eigenvalue weighted by Gasteiger charge is 2.39. The van der Waals surface area contributed by atoms with E-state index in [-0.39, 0.29) is 12.5 Å². The Kier molecular flexibility index (Phi) is 6.83. The number of rotatable bonds is 5. The summed E-state index contributed by atoms with van der Waals surface area (Å²) in [7, 11) is 1.87. The predicted molar refractivity (Wildman–Crippen MR) is 136 cm³/mol. The topological polar surface area (TPSA) is 97.0 Å². The second-order valence-electron chi connectivity index (χ2n) is 11.1. The summed E-state index contributed by atoms with van der Waals surface area (Å²) < 4.78 is 9.35. The molecule has 2 amide bonds. The lowest BCUT2D eigenvalue weighted by atomic mass is 10.0. The van der Waals surface area contributed by atoms with Gasteiger partial charge in [0.1, 0.15) is 17.5 Å². The standard InChI is InChI=1S/C26H37N7O3/c1-18-9-8-10-33-20(18)14-27-23(33)26(5,6)29-22(34)21-17-32(24(35)36-25(2,3)4)12-11-31(21)16-19-13-28-30(7)15-19/h8-10,13-15,21H,11-12,16-17H2,1-7H3,(H,29,34)/t21-/m0/s1. The van der Waals surface area contributed by atoms with Crippen LogP contribution >= 0.6 is 0 Å². The van der Waals surface area contributed by atoms with Crippen molar-refractivity contribution in [2.75, 3.05) is 19.6 Å². The number of hydrogen-bond donors (Lipinski definition) is 1. The van der Waals surface area contributed by atoms with Crippen molar-refractivity contribution in [2.45, 2.75) is 65.3 Å². The second-order valence-corrected chi connectivity index (χ2v) is 11.1. The number of carbonyl (C=O) groups is 2. The fourth-order valence-corrected chi connectivity index (χ4v) is 4.61. The number of fused-ring (bicyclic) bond motifs is 1. The average molecular weight is 496 g/mol. The number of nitrogens with zero attached hydrogens (tertiary/aromatic N) is 6. The number of amides is 2. The number of aryl methyl sites for hydroxylation is 2. The normalized spacial score (nSPS) is 17.4. The minimum atomic E-state index is -0.745. The minimum absolute atomic E-state index is 0.165. The zero-order chi connectivity index (χ0) is 26.3. The Morgan fingerprint density at radius 1 is 1.17 bits per heavy atom. The maximum absolute atomic E-state index is 13.8. The molecule has 0 aromatic carbocycles. The first-order chi connectivity index (χ1) is 16.8. The van der Waals surface area contributed by atoms with Crippen LogP contribution in [-0.4, -0.2) is 72.2 Å². The van der Waals surface area contributed by atoms with Gasteiger partial charge >= 0.3 is 6.09 Å². The van der Waals surface area contributed by atoms with Gasteiger partial charge in [-0.1, -0.05) is 6.07 Å². The molecule has 10 heteroatoms. The summed E-state index contributed by atoms with van der Waals surface area (Å²) in [5.74, 6) is 0.578. The molecule has 0 aliphatic carbocycles. The molecule has 4 rings (SSSR count). The van der Waals surface area contributed by atoms with E-state index in [0.717, 1.165) is 22.5 Å². The molecular weight excluding hydrogens is 458 g/mol. The van der Waals surface area contributed by atoms with Gasteiger partial charge in [-0.3, -0.25) is 14.4 Å². The highest BCUT2D eigenvalue weighted by Crippen LogP contribution is 2.24. The van der Waals surface area contributed by atoms with Gasteiger partial charge in [0, 0.05) is 51.2 Å². The second kappa shape index (κ2) is 9.57. The number of piperazine rings is 1. The van der Waals surface area contributed by atoms with Crippen LogP contribution in [0.15, 0.2) is 36.9 Å². The summed E-state index contributed by atoms with van der Waals surface area (Å²) >= 11 is 0. The van der Waals surface area contributed by atoms with Crippen LogP contribution in [0.5, 0.6) is 0 Å². The Morgan fingerprint density at radius 2 is 1.92 bits per heavy atom. The van der Waals surface area contributed by atoms with Gasteiger partial charge in [0.05, 0.1) is 23.4 Å². The first-order valence-corrected chi connectivity index (χ1v) is 12.3. The molecule has 1 fully saturated rings. The molecule has 3 aromatic heterocycles. The number of pyridine rings is 1. The number of imidazole rings is 1. The van der Waals surface area contributed by atoms with Crippen molar-refractivity contribution < 1.29 is 14.3 Å². The highest BCUT2D eigenvalue weighted by molar-refractivity contribution is 5.84. The van der Waals surface area contributed by atoms with E-state index < -0.39 is 23.3 Å². The van der Waals surface area contributed by atoms with E-state index in [1.54, 1.807) is 15.8 Å². The van der Waals surface area contributed by atoms with Crippen LogP contribution in [0.25, 0.3) is 5.52 Å². The van der Waals surface area contributed by atoms with Gasteiger partial charge in [-0.05, 0) is 53.2 Å². The highest BCUT2D eigenvalue weighted by atomic mass is 16.6. The summed E-state index contributed by atoms with van der Waals surface area (Å²) in [5, 5.41) is 7.46. The number of ether oxygens (including phenoxy) is 1. The number of hydrogen-bond acceptors (Lipinski definition) is 6. The van der Waals surface area contributed by atoms with Crippen LogP contribution in [0.3, 0.4) is 0 Å². The van der Waals surface area contributed by atoms with Gasteiger partial charge < -0.3 is 19.4 Å². The fourth-order valence-electron chi connectivity index (χ4n) is 4.61. The third kappa shape index (κ3) is 5.53. The van der Waals surface area contributed by atoms with Crippen LogP contribution in [0.1, 0.15) is 51.6 Å². The largest absolute Gasteiger partial charge is 0.444 e. The van der Waals surface area contributed by atoms with E-state index in [1.807, 2.05) is 83.7 Å². The van der Waals surface area contributed by atoms with Crippen molar-refractivity contribution in [2.24, 2.45) is 7.05 Å². The summed E-state index contributed by atoms with van der Waals surface area (Å²) in [5.41, 5.74) is 1.77. The van der Waals surface area contributed by atoms with E-state index in [0.29, 0.717) is 19.6 Å². The monoisotopic (exact) mass is 495 g/mol. The van der Waals surface area contributed by atoms with Crippen molar-refractivity contribution in [3.05, 3.63) is 53.9 Å². The van der Waals surface area contributed by atoms with Crippen LogP contribution in [0.2, 0.25) is 0 Å². The quantitative estimate of drug-likeness (QED) is 0.585. The Balaban J connectivity index is 1.57. The van der Waals surface area contributed by atoms with Crippen LogP contribution < -0.4 is 5.32 Å². The maximum atomic E-state index is 13.8. The summed E-state index contributed by atoms with van der Waals surface area (Å²) in [6, 6.07) is 3.45. The lowest BCUT2D eigenvalue weighted by molar-refractivity contribution is -0.130. The van der Waals surface area contributed by atoms with Gasteiger partial charge in [-0.15, -0.1) is 0 Å². The summed E-state index contributed by atoms with van der Waals surface area (Å²) in [6.07, 6.45) is 7.13. The zero-order valence-electron chi connectivity index (χ0n) is 22.3. The lowest BCUT2D eigenvalue weighted by Gasteiger charge is -2.41. The molecule has 0 spiro atoms. The zero-order valence-corrected chi connectivity index (χ0v) is 22.3. The Labute approximate surface area is 212 Å². The van der Waals surface area contributed by atoms with Crippen molar-refractivity contribution in [3.8, 4) is 0 Å². The Morgan fingerprint density at radius 3 is 2.58 bits per heavy atom. The number of nitrogens with one attached hydrogen (secondary N) is 1. The van der Waals surface area contributed by atoms with Crippen molar-refractivity contribution in [1.82, 2.24) is 34.3 Å². The molecule has 0 saturated carbocycles. The van der Waals surface area contributed by atoms with Crippen LogP contribution in [-0.2, 0) is 28.7 Å². The molecule has 3 aromatic rings. The first-order valence-electron chi connectivity index (χ1n) is 12.3. The van der Waals surface area contributed by atoms with Gasteiger partial charge in [0.15, 0.2) is 0 Å². The van der Waals surface area contributed by atoms with Gasteiger partial charge in [0.25, 0.3) is 0 Å². The predicted octanol–water partition coefficient (Wildman–Crippen LogP) is 2.85. The fraction of sp³-hybridized carbons (Fsp3) is 0.538. The molecule has 1 N–H and O–H groups in total. The molecule has 0 unspecified atom stereocenters. The number of aromatic nitrogens is 4. The maximum Gasteiger partial charge on any atom is 0.410 e.